The van der Waals surface area contributed by atoms with Crippen molar-refractivity contribution in [2.75, 3.05) is 13.1 Å². The van der Waals surface area contributed by atoms with E-state index in [0.29, 0.717) is 18.5 Å². The minimum Gasteiger partial charge on any atom is -0.481 e. The van der Waals surface area contributed by atoms with Crippen molar-refractivity contribution in [3.05, 3.63) is 47.8 Å². The van der Waals surface area contributed by atoms with Crippen molar-refractivity contribution in [3.8, 4) is 5.69 Å². The molecule has 2 heterocycles. The molecule has 6 nitrogen and oxygen atoms in total. The monoisotopic (exact) mass is 299 g/mol. The molecule has 0 spiro atoms. The zero-order chi connectivity index (χ0) is 15.7. The second-order valence-corrected chi connectivity index (χ2v) is 5.58. The van der Waals surface area contributed by atoms with Crippen LogP contribution in [0.2, 0.25) is 0 Å². The fourth-order valence-electron chi connectivity index (χ4n) is 2.64. The van der Waals surface area contributed by atoms with E-state index in [1.54, 1.807) is 27.9 Å². The van der Waals surface area contributed by atoms with Crippen LogP contribution in [0, 0.1) is 12.8 Å². The number of carboxylic acids is 1. The molecule has 1 saturated heterocycles. The number of carbonyl (C=O) groups is 2. The van der Waals surface area contributed by atoms with Crippen molar-refractivity contribution in [3.63, 3.8) is 0 Å². The Morgan fingerprint density at radius 2 is 2.00 bits per heavy atom. The number of aromatic nitrogens is 2. The highest BCUT2D eigenvalue weighted by Gasteiger charge is 2.31. The van der Waals surface area contributed by atoms with Gasteiger partial charge in [-0.1, -0.05) is 0 Å². The molecule has 0 radical (unpaired) electrons. The molecule has 1 aliphatic rings. The molecule has 1 atom stereocenters. The van der Waals surface area contributed by atoms with Gasteiger partial charge in [-0.05, 0) is 43.2 Å². The van der Waals surface area contributed by atoms with E-state index in [4.69, 9.17) is 5.11 Å². The number of carbonyl (C=O) groups excluding carboxylic acids is 1. The van der Waals surface area contributed by atoms with Crippen molar-refractivity contribution >= 4 is 11.9 Å². The van der Waals surface area contributed by atoms with E-state index < -0.39 is 11.9 Å². The standard InChI is InChI=1S/C16H17N3O3/c1-11-8-17-19(9-11)14-4-2-12(3-5-14)15(20)18-7-6-13(10-18)16(21)22/h2-5,8-9,13H,6-7,10H2,1H3,(H,21,22)/t13-/m1/s1. The molecule has 1 aromatic heterocycles. The van der Waals surface area contributed by atoms with E-state index in [1.165, 1.54) is 0 Å². The second-order valence-electron chi connectivity index (χ2n) is 5.58. The van der Waals surface area contributed by atoms with Gasteiger partial charge in [0.05, 0.1) is 17.8 Å². The number of aliphatic carboxylic acids is 1. The fraction of sp³-hybridized carbons (Fsp3) is 0.312. The summed E-state index contributed by atoms with van der Waals surface area (Å²) >= 11 is 0. The first-order valence-corrected chi connectivity index (χ1v) is 7.18. The van der Waals surface area contributed by atoms with Crippen LogP contribution in [0.5, 0.6) is 0 Å². The van der Waals surface area contributed by atoms with E-state index in [-0.39, 0.29) is 12.5 Å². The molecule has 1 fully saturated rings. The third-order valence-electron chi connectivity index (χ3n) is 3.92. The molecule has 1 aromatic carbocycles. The number of carboxylic acid groups (broad SMARTS) is 1. The van der Waals surface area contributed by atoms with Gasteiger partial charge in [-0.15, -0.1) is 0 Å². The maximum absolute atomic E-state index is 12.4. The van der Waals surface area contributed by atoms with Crippen LogP contribution in [0.3, 0.4) is 0 Å². The summed E-state index contributed by atoms with van der Waals surface area (Å²) in [6, 6.07) is 7.18. The summed E-state index contributed by atoms with van der Waals surface area (Å²) < 4.78 is 1.75. The number of rotatable bonds is 3. The maximum Gasteiger partial charge on any atom is 0.308 e. The summed E-state index contributed by atoms with van der Waals surface area (Å²) in [5.74, 6) is -1.40. The molecule has 6 heteroatoms. The highest BCUT2D eigenvalue weighted by atomic mass is 16.4. The number of amides is 1. The quantitative estimate of drug-likeness (QED) is 0.936. The van der Waals surface area contributed by atoms with Gasteiger partial charge in [-0.25, -0.2) is 4.68 Å². The van der Waals surface area contributed by atoms with Gasteiger partial charge in [0.2, 0.25) is 0 Å². The highest BCUT2D eigenvalue weighted by Crippen LogP contribution is 2.19. The Bertz CT molecular complexity index is 706. The molecule has 0 saturated carbocycles. The zero-order valence-corrected chi connectivity index (χ0v) is 12.3. The van der Waals surface area contributed by atoms with Crippen LogP contribution in [-0.4, -0.2) is 44.8 Å². The van der Waals surface area contributed by atoms with E-state index in [1.807, 2.05) is 25.3 Å². The predicted molar refractivity (Wildman–Crippen MR) is 79.9 cm³/mol. The van der Waals surface area contributed by atoms with Crippen LogP contribution in [0.25, 0.3) is 5.69 Å². The molecule has 114 valence electrons. The summed E-state index contributed by atoms with van der Waals surface area (Å²) in [4.78, 5) is 24.9. The van der Waals surface area contributed by atoms with E-state index >= 15 is 0 Å². The first-order chi connectivity index (χ1) is 10.5. The Labute approximate surface area is 128 Å². The van der Waals surface area contributed by atoms with Crippen LogP contribution in [0.15, 0.2) is 36.7 Å². The molecule has 3 rings (SSSR count). The molecule has 1 N–H and O–H groups in total. The third kappa shape index (κ3) is 2.72. The summed E-state index contributed by atoms with van der Waals surface area (Å²) in [6.07, 6.45) is 4.20. The van der Waals surface area contributed by atoms with E-state index in [0.717, 1.165) is 11.3 Å². The lowest BCUT2D eigenvalue weighted by atomic mass is 10.1. The van der Waals surface area contributed by atoms with Crippen LogP contribution in [-0.2, 0) is 4.79 Å². The Morgan fingerprint density at radius 1 is 1.27 bits per heavy atom. The molecule has 22 heavy (non-hydrogen) atoms. The smallest absolute Gasteiger partial charge is 0.308 e. The number of benzene rings is 1. The van der Waals surface area contributed by atoms with Crippen molar-refractivity contribution in [1.29, 1.82) is 0 Å². The molecular weight excluding hydrogens is 282 g/mol. The lowest BCUT2D eigenvalue weighted by molar-refractivity contribution is -0.141. The van der Waals surface area contributed by atoms with Gasteiger partial charge >= 0.3 is 5.97 Å². The van der Waals surface area contributed by atoms with Gasteiger partial charge in [0.1, 0.15) is 0 Å². The van der Waals surface area contributed by atoms with Crippen LogP contribution < -0.4 is 0 Å². The topological polar surface area (TPSA) is 75.4 Å². The Hall–Kier alpha value is -2.63. The van der Waals surface area contributed by atoms with Gasteiger partial charge in [0, 0.05) is 24.8 Å². The lowest BCUT2D eigenvalue weighted by Crippen LogP contribution is -2.29. The van der Waals surface area contributed by atoms with E-state index in [9.17, 15) is 9.59 Å². The largest absolute Gasteiger partial charge is 0.481 e. The average molecular weight is 299 g/mol. The molecule has 0 bridgehead atoms. The number of hydrogen-bond donors (Lipinski definition) is 1. The van der Waals surface area contributed by atoms with Crippen LogP contribution in [0.4, 0.5) is 0 Å². The summed E-state index contributed by atoms with van der Waals surface area (Å²) in [6.45, 7) is 2.75. The number of hydrogen-bond acceptors (Lipinski definition) is 3. The third-order valence-corrected chi connectivity index (χ3v) is 3.92. The average Bonchev–Trinajstić information content (AvgIpc) is 3.16. The molecule has 1 amide bonds. The first-order valence-electron chi connectivity index (χ1n) is 7.18. The van der Waals surface area contributed by atoms with Crippen molar-refractivity contribution < 1.29 is 14.7 Å². The molecule has 2 aromatic rings. The molecular formula is C16H17N3O3. The fourth-order valence-corrected chi connectivity index (χ4v) is 2.64. The van der Waals surface area contributed by atoms with Crippen molar-refractivity contribution in [1.82, 2.24) is 14.7 Å². The lowest BCUT2D eigenvalue weighted by Gasteiger charge is -2.16. The van der Waals surface area contributed by atoms with Gasteiger partial charge in [0.25, 0.3) is 5.91 Å². The minimum absolute atomic E-state index is 0.119. The predicted octanol–water partition coefficient (Wildman–Crippen LogP) is 1.73. The van der Waals surface area contributed by atoms with Crippen molar-refractivity contribution in [2.45, 2.75) is 13.3 Å². The zero-order valence-electron chi connectivity index (χ0n) is 12.3. The maximum atomic E-state index is 12.4. The number of nitrogens with zero attached hydrogens (tertiary/aromatic N) is 3. The van der Waals surface area contributed by atoms with Crippen LogP contribution in [0.1, 0.15) is 22.3 Å². The van der Waals surface area contributed by atoms with Gasteiger partial charge in [0.15, 0.2) is 0 Å². The normalized spacial score (nSPS) is 17.7. The summed E-state index contributed by atoms with van der Waals surface area (Å²) in [7, 11) is 0. The molecule has 0 aliphatic carbocycles. The van der Waals surface area contributed by atoms with Crippen molar-refractivity contribution in [2.24, 2.45) is 5.92 Å². The summed E-state index contributed by atoms with van der Waals surface area (Å²) in [5, 5.41) is 13.2. The first kappa shape index (κ1) is 14.3. The Balaban J connectivity index is 1.73. The molecule has 0 unspecified atom stereocenters. The van der Waals surface area contributed by atoms with E-state index in [2.05, 4.69) is 5.10 Å². The Kier molecular flexibility index (Phi) is 3.66. The van der Waals surface area contributed by atoms with Gasteiger partial charge in [-0.3, -0.25) is 9.59 Å². The highest BCUT2D eigenvalue weighted by molar-refractivity contribution is 5.95. The number of aryl methyl sites for hydroxylation is 1. The van der Waals surface area contributed by atoms with Crippen LogP contribution >= 0.6 is 0 Å². The Morgan fingerprint density at radius 3 is 2.55 bits per heavy atom. The second kappa shape index (κ2) is 5.63. The summed E-state index contributed by atoms with van der Waals surface area (Å²) in [5.41, 5.74) is 2.52. The van der Waals surface area contributed by atoms with Gasteiger partial charge < -0.3 is 10.0 Å². The SMILES string of the molecule is Cc1cnn(-c2ccc(C(=O)N3CC[C@@H](C(=O)O)C3)cc2)c1. The number of likely N-dealkylation sites (tertiary alicyclic amines) is 1. The minimum atomic E-state index is -0.834. The van der Waals surface area contributed by atoms with Gasteiger partial charge in [-0.2, -0.15) is 5.10 Å². The molecule has 1 aliphatic heterocycles.